The van der Waals surface area contributed by atoms with Crippen LogP contribution >= 0.6 is 0 Å². The highest BCUT2D eigenvalue weighted by Crippen LogP contribution is 2.53. The molecule has 3 aliphatic carbocycles. The van der Waals surface area contributed by atoms with E-state index in [0.29, 0.717) is 23.2 Å². The summed E-state index contributed by atoms with van der Waals surface area (Å²) in [5.74, 6) is -6.88. The summed E-state index contributed by atoms with van der Waals surface area (Å²) in [5, 5.41) is 52.8. The normalized spacial score (nSPS) is 26.4. The van der Waals surface area contributed by atoms with Crippen molar-refractivity contribution in [3.63, 3.8) is 0 Å². The smallest absolute Gasteiger partial charge is 0.255 e. The molecule has 0 aliphatic heterocycles. The molecular weight excluding hydrogens is 532 g/mol. The van der Waals surface area contributed by atoms with Gasteiger partial charge < -0.3 is 36.3 Å². The van der Waals surface area contributed by atoms with Gasteiger partial charge in [0, 0.05) is 35.7 Å². The van der Waals surface area contributed by atoms with E-state index in [1.165, 1.54) is 18.2 Å². The number of rotatable bonds is 7. The summed E-state index contributed by atoms with van der Waals surface area (Å²) >= 11 is 0. The lowest BCUT2D eigenvalue weighted by molar-refractivity contribution is -0.153. The van der Waals surface area contributed by atoms with Gasteiger partial charge in [-0.1, -0.05) is 25.9 Å². The number of hydrogen-bond donors (Lipinski definition) is 6. The molecule has 1 saturated carbocycles. The molecule has 0 saturated heterocycles. The summed E-state index contributed by atoms with van der Waals surface area (Å²) in [4.78, 5) is 45.8. The third kappa shape index (κ3) is 4.89. The molecule has 41 heavy (non-hydrogen) atoms. The van der Waals surface area contributed by atoms with E-state index in [1.54, 1.807) is 20.2 Å². The average molecular weight is 571 g/mol. The van der Waals surface area contributed by atoms with Crippen LogP contribution in [-0.2, 0) is 32.2 Å². The Kier molecular flexibility index (Phi) is 7.80. The number of hydrogen-bond acceptors (Lipinski definition) is 11. The molecule has 0 spiro atoms. The van der Waals surface area contributed by atoms with E-state index >= 15 is 0 Å². The van der Waals surface area contributed by atoms with E-state index in [9.17, 15) is 34.8 Å². The molecular formula is C29H38N4O8. The van der Waals surface area contributed by atoms with Crippen LogP contribution < -0.4 is 11.1 Å². The first kappa shape index (κ1) is 30.2. The van der Waals surface area contributed by atoms with Gasteiger partial charge >= 0.3 is 0 Å². The zero-order valence-electron chi connectivity index (χ0n) is 24.1. The SMILES string of the molecule is CO/N=C/c1cc(CNCC(C)(C)C)c(O)c2c1C[C@H]1C[C@H]3[C@@H](N(C)C)C(=O)C(C(N)=O)=C(O)[C@@]3(O)C(=O)C1=C2O. The fourth-order valence-electron chi connectivity index (χ4n) is 6.33. The van der Waals surface area contributed by atoms with Crippen molar-refractivity contribution < 1.29 is 39.6 Å². The highest BCUT2D eigenvalue weighted by molar-refractivity contribution is 6.24. The van der Waals surface area contributed by atoms with Crippen LogP contribution in [0.2, 0.25) is 0 Å². The molecule has 0 aromatic heterocycles. The Balaban J connectivity index is 1.92. The quantitative estimate of drug-likeness (QED) is 0.157. The molecule has 1 aromatic carbocycles. The number of Topliss-reactive ketones (excluding diaryl/α,β-unsaturated/α-hetero) is 2. The molecule has 7 N–H and O–H groups in total. The van der Waals surface area contributed by atoms with Crippen LogP contribution in [0, 0.1) is 17.3 Å². The standard InChI is InChI=1S/C29H38N4O8/c1-28(2,3)12-31-10-15-7-14(11-32-41-6)16-8-13-9-17-21(33(4)5)24(36)20(27(30)39)26(38)29(17,40)25(37)18(13)23(35)19(16)22(15)34/h7,11,13,17,21,31,34-35,38,40H,8-10,12H2,1-6H3,(H2,30,39)/b32-11+/t13-,17-,21+,29-/m0/s1. The fraction of sp³-hybridized carbons (Fsp3) is 0.517. The number of likely N-dealkylation sites (N-methyl/N-ethyl adjacent to an activating group) is 1. The number of oxime groups is 1. The molecule has 0 unspecified atom stereocenters. The molecule has 222 valence electrons. The Morgan fingerprint density at radius 3 is 2.49 bits per heavy atom. The Labute approximate surface area is 238 Å². The Hall–Kier alpha value is -3.74. The summed E-state index contributed by atoms with van der Waals surface area (Å²) in [7, 11) is 4.49. The van der Waals surface area contributed by atoms with Gasteiger partial charge in [-0.05, 0) is 49.9 Å². The number of nitrogens with zero attached hydrogens (tertiary/aromatic N) is 2. The molecule has 4 rings (SSSR count). The largest absolute Gasteiger partial charge is 0.508 e. The van der Waals surface area contributed by atoms with Crippen LogP contribution in [-0.4, -0.2) is 88.4 Å². The molecule has 1 amide bonds. The lowest BCUT2D eigenvalue weighted by Crippen LogP contribution is -2.65. The Morgan fingerprint density at radius 2 is 1.93 bits per heavy atom. The molecule has 3 aliphatic rings. The van der Waals surface area contributed by atoms with Gasteiger partial charge in [0.1, 0.15) is 30.0 Å². The van der Waals surface area contributed by atoms with Crippen molar-refractivity contribution in [1.82, 2.24) is 10.2 Å². The van der Waals surface area contributed by atoms with Crippen LogP contribution in [0.5, 0.6) is 5.75 Å². The van der Waals surface area contributed by atoms with Crippen molar-refractivity contribution in [2.45, 2.75) is 51.8 Å². The summed E-state index contributed by atoms with van der Waals surface area (Å²) in [5.41, 5.74) is 3.10. The number of carbonyl (C=O) groups is 3. The van der Waals surface area contributed by atoms with Crippen molar-refractivity contribution in [1.29, 1.82) is 0 Å². The number of primary amides is 1. The first-order chi connectivity index (χ1) is 19.1. The van der Waals surface area contributed by atoms with E-state index in [-0.39, 0.29) is 41.7 Å². The zero-order chi connectivity index (χ0) is 30.6. The summed E-state index contributed by atoms with van der Waals surface area (Å²) < 4.78 is 0. The number of carbonyl (C=O) groups excluding carboxylic acids is 3. The number of ketones is 2. The highest BCUT2D eigenvalue weighted by atomic mass is 16.6. The van der Waals surface area contributed by atoms with E-state index in [1.807, 2.05) is 0 Å². The van der Waals surface area contributed by atoms with Gasteiger partial charge in [-0.3, -0.25) is 19.3 Å². The second kappa shape index (κ2) is 10.6. The molecule has 12 heteroatoms. The van der Waals surface area contributed by atoms with Gasteiger partial charge in [0.15, 0.2) is 11.4 Å². The maximum absolute atomic E-state index is 14.0. The van der Waals surface area contributed by atoms with Gasteiger partial charge in [0.05, 0.1) is 17.8 Å². The fourth-order valence-corrected chi connectivity index (χ4v) is 6.33. The maximum atomic E-state index is 14.0. The van der Waals surface area contributed by atoms with E-state index in [0.717, 1.165) is 0 Å². The average Bonchev–Trinajstić information content (AvgIpc) is 2.85. The topological polar surface area (TPSA) is 195 Å². The molecule has 12 nitrogen and oxygen atoms in total. The Bertz CT molecular complexity index is 1400. The number of benzene rings is 1. The number of aliphatic hydroxyl groups excluding tert-OH is 2. The molecule has 4 atom stereocenters. The number of nitrogens with two attached hydrogens (primary N) is 1. The van der Waals surface area contributed by atoms with Crippen molar-refractivity contribution in [2.24, 2.45) is 28.1 Å². The van der Waals surface area contributed by atoms with Crippen LogP contribution in [0.1, 0.15) is 49.4 Å². The molecule has 0 heterocycles. The molecule has 0 radical (unpaired) electrons. The lowest BCUT2D eigenvalue weighted by Gasteiger charge is -2.50. The third-order valence-electron chi connectivity index (χ3n) is 8.10. The predicted octanol–water partition coefficient (Wildman–Crippen LogP) is 1.08. The van der Waals surface area contributed by atoms with Gasteiger partial charge in [-0.2, -0.15) is 0 Å². The summed E-state index contributed by atoms with van der Waals surface area (Å²) in [6.07, 6.45) is 1.61. The van der Waals surface area contributed by atoms with Crippen LogP contribution in [0.3, 0.4) is 0 Å². The summed E-state index contributed by atoms with van der Waals surface area (Å²) in [6.45, 7) is 7.04. The van der Waals surface area contributed by atoms with Gasteiger partial charge in [0.2, 0.25) is 5.78 Å². The first-order valence-corrected chi connectivity index (χ1v) is 13.4. The number of nitrogens with one attached hydrogen (secondary N) is 1. The van der Waals surface area contributed by atoms with E-state index < -0.39 is 58.0 Å². The zero-order valence-corrected chi connectivity index (χ0v) is 24.1. The number of aliphatic hydroxyl groups is 3. The predicted molar refractivity (Wildman–Crippen MR) is 150 cm³/mol. The van der Waals surface area contributed by atoms with Gasteiger partial charge in [0.25, 0.3) is 5.91 Å². The molecule has 1 aromatic rings. The highest BCUT2D eigenvalue weighted by Gasteiger charge is 2.64. The lowest BCUT2D eigenvalue weighted by atomic mass is 9.57. The molecule has 0 bridgehead atoms. The summed E-state index contributed by atoms with van der Waals surface area (Å²) in [6, 6.07) is 0.582. The maximum Gasteiger partial charge on any atom is 0.255 e. The minimum atomic E-state index is -2.69. The molecule has 1 fully saturated rings. The van der Waals surface area contributed by atoms with Crippen LogP contribution in [0.25, 0.3) is 5.76 Å². The first-order valence-electron chi connectivity index (χ1n) is 13.4. The Morgan fingerprint density at radius 1 is 1.27 bits per heavy atom. The van der Waals surface area contributed by atoms with Crippen molar-refractivity contribution >= 4 is 29.4 Å². The van der Waals surface area contributed by atoms with E-state index in [2.05, 4.69) is 31.2 Å². The van der Waals surface area contributed by atoms with Crippen molar-refractivity contribution in [3.8, 4) is 5.75 Å². The van der Waals surface area contributed by atoms with Crippen LogP contribution in [0.4, 0.5) is 0 Å². The second-order valence-electron chi connectivity index (χ2n) is 12.4. The van der Waals surface area contributed by atoms with Crippen molar-refractivity contribution in [3.05, 3.63) is 45.2 Å². The minimum absolute atomic E-state index is 0.00226. The van der Waals surface area contributed by atoms with Crippen LogP contribution in [0.15, 0.2) is 28.1 Å². The number of aromatic hydroxyl groups is 1. The van der Waals surface area contributed by atoms with E-state index in [4.69, 9.17) is 10.6 Å². The second-order valence-corrected chi connectivity index (χ2v) is 12.4. The number of phenolic OH excluding ortho intramolecular Hbond substituents is 1. The van der Waals surface area contributed by atoms with Crippen molar-refractivity contribution in [2.75, 3.05) is 27.7 Å². The monoisotopic (exact) mass is 570 g/mol. The number of fused-ring (bicyclic) bond motifs is 3. The number of amides is 1. The third-order valence-corrected chi connectivity index (χ3v) is 8.10. The minimum Gasteiger partial charge on any atom is -0.508 e. The number of phenols is 1. The van der Waals surface area contributed by atoms with Gasteiger partial charge in [-0.15, -0.1) is 0 Å². The van der Waals surface area contributed by atoms with Gasteiger partial charge in [-0.25, -0.2) is 0 Å².